The average Bonchev–Trinajstić information content (AvgIpc) is 2.53. The predicted molar refractivity (Wildman–Crippen MR) is 51.5 cm³/mol. The van der Waals surface area contributed by atoms with Gasteiger partial charge in [0.2, 0.25) is 11.9 Å². The summed E-state index contributed by atoms with van der Waals surface area (Å²) in [6.45, 7) is 1.33. The molecule has 0 radical (unpaired) electrons. The minimum absolute atomic E-state index is 0.241. The molecule has 0 aliphatic carbocycles. The van der Waals surface area contributed by atoms with Crippen molar-refractivity contribution in [1.29, 1.82) is 0 Å². The number of nitrogens with one attached hydrogen (secondary N) is 2. The molecule has 0 aliphatic heterocycles. The number of imidazole rings is 1. The maximum Gasteiger partial charge on any atom is 0.244 e. The minimum atomic E-state index is -3.36. The molecule has 6 nitrogen and oxygen atoms in total. The van der Waals surface area contributed by atoms with E-state index in [1.165, 1.54) is 19.3 Å². The van der Waals surface area contributed by atoms with Crippen molar-refractivity contribution in [3.63, 3.8) is 0 Å². The van der Waals surface area contributed by atoms with Crippen molar-refractivity contribution in [2.24, 2.45) is 0 Å². The number of H-pyrrole nitrogens is 1. The molecule has 78 valence electrons. The van der Waals surface area contributed by atoms with Crippen LogP contribution in [0, 0.1) is 0 Å². The van der Waals surface area contributed by atoms with Gasteiger partial charge in [-0.3, -0.25) is 10.1 Å². The number of anilines is 1. The van der Waals surface area contributed by atoms with Crippen LogP contribution in [0.1, 0.15) is 6.92 Å². The molecule has 0 aliphatic rings. The van der Waals surface area contributed by atoms with Gasteiger partial charge in [0.05, 0.1) is 0 Å². The second kappa shape index (κ2) is 3.79. The third kappa shape index (κ3) is 2.56. The fourth-order valence-electron chi connectivity index (χ4n) is 0.746. The molecule has 0 fully saturated rings. The van der Waals surface area contributed by atoms with Crippen molar-refractivity contribution in [3.8, 4) is 0 Å². The standard InChI is InChI=1S/C7H11N3O3S/c1-5(14(2,12)13)6(11)10-7-8-3-4-9-7/h3-5H,1-2H3,(H2,8,9,10,11). The highest BCUT2D eigenvalue weighted by Crippen LogP contribution is 2.02. The molecule has 1 unspecified atom stereocenters. The van der Waals surface area contributed by atoms with Crippen LogP contribution < -0.4 is 5.32 Å². The van der Waals surface area contributed by atoms with Crippen LogP contribution in [0.3, 0.4) is 0 Å². The Hall–Kier alpha value is -1.37. The lowest BCUT2D eigenvalue weighted by Crippen LogP contribution is -2.32. The number of nitrogens with zero attached hydrogens (tertiary/aromatic N) is 1. The zero-order valence-corrected chi connectivity index (χ0v) is 8.63. The van der Waals surface area contributed by atoms with Crippen LogP contribution in [-0.4, -0.2) is 35.8 Å². The zero-order valence-electron chi connectivity index (χ0n) is 7.81. The number of aromatic nitrogens is 2. The summed E-state index contributed by atoms with van der Waals surface area (Å²) in [5.74, 6) is -0.354. The van der Waals surface area contributed by atoms with E-state index in [0.717, 1.165) is 6.26 Å². The van der Waals surface area contributed by atoms with E-state index in [2.05, 4.69) is 15.3 Å². The summed E-state index contributed by atoms with van der Waals surface area (Å²) >= 11 is 0. The smallest absolute Gasteiger partial charge is 0.244 e. The lowest BCUT2D eigenvalue weighted by atomic mass is 10.4. The van der Waals surface area contributed by atoms with Gasteiger partial charge >= 0.3 is 0 Å². The lowest BCUT2D eigenvalue weighted by molar-refractivity contribution is -0.115. The van der Waals surface area contributed by atoms with Crippen molar-refractivity contribution in [3.05, 3.63) is 12.4 Å². The molecule has 0 aromatic carbocycles. The SMILES string of the molecule is CC(C(=O)Nc1ncc[nH]1)S(C)(=O)=O. The average molecular weight is 217 g/mol. The summed E-state index contributed by atoms with van der Waals surface area (Å²) in [6.07, 6.45) is 4.00. The number of carbonyl (C=O) groups excluding carboxylic acids is 1. The Morgan fingerprint density at radius 3 is 2.71 bits per heavy atom. The van der Waals surface area contributed by atoms with Crippen molar-refractivity contribution >= 4 is 21.7 Å². The van der Waals surface area contributed by atoms with E-state index >= 15 is 0 Å². The van der Waals surface area contributed by atoms with E-state index in [0.29, 0.717) is 0 Å². The van der Waals surface area contributed by atoms with E-state index in [4.69, 9.17) is 0 Å². The topological polar surface area (TPSA) is 91.9 Å². The van der Waals surface area contributed by atoms with Crippen LogP contribution in [0.5, 0.6) is 0 Å². The molecule has 0 saturated heterocycles. The maximum absolute atomic E-state index is 11.3. The number of rotatable bonds is 3. The van der Waals surface area contributed by atoms with Crippen molar-refractivity contribution < 1.29 is 13.2 Å². The number of hydrogen-bond acceptors (Lipinski definition) is 4. The van der Waals surface area contributed by atoms with E-state index in [-0.39, 0.29) is 5.95 Å². The first-order valence-electron chi connectivity index (χ1n) is 3.90. The quantitative estimate of drug-likeness (QED) is 0.732. The number of sulfone groups is 1. The number of amides is 1. The minimum Gasteiger partial charge on any atom is -0.331 e. The summed E-state index contributed by atoms with van der Waals surface area (Å²) in [5, 5.41) is 1.27. The molecule has 0 bridgehead atoms. The molecule has 2 N–H and O–H groups in total. The summed E-state index contributed by atoms with van der Waals surface area (Å²) in [7, 11) is -3.36. The Balaban J connectivity index is 2.69. The maximum atomic E-state index is 11.3. The van der Waals surface area contributed by atoms with Crippen LogP contribution in [-0.2, 0) is 14.6 Å². The third-order valence-electron chi connectivity index (χ3n) is 1.75. The highest BCUT2D eigenvalue weighted by Gasteiger charge is 2.23. The predicted octanol–water partition coefficient (Wildman–Crippen LogP) is -0.219. The monoisotopic (exact) mass is 217 g/mol. The van der Waals surface area contributed by atoms with Gasteiger partial charge in [0, 0.05) is 18.6 Å². The first-order chi connectivity index (χ1) is 6.41. The lowest BCUT2D eigenvalue weighted by Gasteiger charge is -2.07. The zero-order chi connectivity index (χ0) is 10.8. The Bertz CT molecular complexity index is 409. The molecule has 1 atom stereocenters. The van der Waals surface area contributed by atoms with Crippen LogP contribution in [0.25, 0.3) is 0 Å². The first-order valence-corrected chi connectivity index (χ1v) is 5.86. The summed E-state index contributed by atoms with van der Waals surface area (Å²) < 4.78 is 22.0. The highest BCUT2D eigenvalue weighted by molar-refractivity contribution is 7.92. The Morgan fingerprint density at radius 2 is 2.29 bits per heavy atom. The van der Waals surface area contributed by atoms with E-state index in [1.54, 1.807) is 0 Å². The number of aromatic amines is 1. The van der Waals surface area contributed by atoms with Crippen LogP contribution in [0.2, 0.25) is 0 Å². The van der Waals surface area contributed by atoms with Crippen molar-refractivity contribution in [2.45, 2.75) is 12.2 Å². The van der Waals surface area contributed by atoms with E-state index in [9.17, 15) is 13.2 Å². The van der Waals surface area contributed by atoms with Gasteiger partial charge in [0.25, 0.3) is 0 Å². The van der Waals surface area contributed by atoms with Crippen molar-refractivity contribution in [1.82, 2.24) is 9.97 Å². The molecule has 1 aromatic heterocycles. The van der Waals surface area contributed by atoms with Gasteiger partial charge in [0.15, 0.2) is 9.84 Å². The van der Waals surface area contributed by atoms with Crippen molar-refractivity contribution in [2.75, 3.05) is 11.6 Å². The van der Waals surface area contributed by atoms with E-state index < -0.39 is 21.0 Å². The van der Waals surface area contributed by atoms with Gasteiger partial charge in [0.1, 0.15) is 5.25 Å². The summed E-state index contributed by atoms with van der Waals surface area (Å²) in [5.41, 5.74) is 0. The molecule has 1 heterocycles. The fraction of sp³-hybridized carbons (Fsp3) is 0.429. The Kier molecular flexibility index (Phi) is 2.90. The van der Waals surface area contributed by atoms with Gasteiger partial charge in [-0.2, -0.15) is 0 Å². The number of carbonyl (C=O) groups is 1. The molecular formula is C7H11N3O3S. The Labute approximate surface area is 81.7 Å². The largest absolute Gasteiger partial charge is 0.331 e. The molecule has 0 spiro atoms. The Morgan fingerprint density at radius 1 is 1.64 bits per heavy atom. The molecule has 1 amide bonds. The molecule has 1 aromatic rings. The third-order valence-corrected chi connectivity index (χ3v) is 3.25. The molecule has 1 rings (SSSR count). The fourth-order valence-corrected chi connectivity index (χ4v) is 1.19. The van der Waals surface area contributed by atoms with Gasteiger partial charge in [-0.1, -0.05) is 0 Å². The van der Waals surface area contributed by atoms with E-state index in [1.807, 2.05) is 0 Å². The highest BCUT2D eigenvalue weighted by atomic mass is 32.2. The summed E-state index contributed by atoms with van der Waals surface area (Å²) in [6, 6.07) is 0. The molecule has 14 heavy (non-hydrogen) atoms. The number of hydrogen-bond donors (Lipinski definition) is 2. The van der Waals surface area contributed by atoms with Gasteiger partial charge in [-0.15, -0.1) is 0 Å². The second-order valence-corrected chi connectivity index (χ2v) is 5.26. The molecule has 7 heteroatoms. The van der Waals surface area contributed by atoms with Crippen LogP contribution in [0.15, 0.2) is 12.4 Å². The van der Waals surface area contributed by atoms with Gasteiger partial charge < -0.3 is 4.98 Å². The van der Waals surface area contributed by atoms with Gasteiger partial charge in [-0.25, -0.2) is 13.4 Å². The summed E-state index contributed by atoms with van der Waals surface area (Å²) in [4.78, 5) is 17.7. The molecule has 0 saturated carbocycles. The normalized spacial score (nSPS) is 13.6. The molecular weight excluding hydrogens is 206 g/mol. The van der Waals surface area contributed by atoms with Gasteiger partial charge in [-0.05, 0) is 6.92 Å². The van der Waals surface area contributed by atoms with Crippen LogP contribution in [0.4, 0.5) is 5.95 Å². The second-order valence-electron chi connectivity index (χ2n) is 2.90. The first kappa shape index (κ1) is 10.7. The van der Waals surface area contributed by atoms with Crippen LogP contribution >= 0.6 is 0 Å².